The average molecular weight is 309 g/mol. The molecule has 0 aliphatic heterocycles. The van der Waals surface area contributed by atoms with Crippen LogP contribution in [-0.4, -0.2) is 22.4 Å². The van der Waals surface area contributed by atoms with Crippen LogP contribution in [-0.2, 0) is 10.2 Å². The van der Waals surface area contributed by atoms with Gasteiger partial charge in [0, 0.05) is 17.8 Å². The molecule has 0 saturated carbocycles. The van der Waals surface area contributed by atoms with Crippen LogP contribution in [0.1, 0.15) is 0 Å². The van der Waals surface area contributed by atoms with Crippen LogP contribution >= 0.6 is 11.6 Å². The van der Waals surface area contributed by atoms with Gasteiger partial charge in [-0.25, -0.2) is 13.7 Å². The lowest BCUT2D eigenvalue weighted by Gasteiger charge is -2.09. The van der Waals surface area contributed by atoms with Crippen LogP contribution in [0.5, 0.6) is 0 Å². The maximum absolute atomic E-state index is 12.3. The van der Waals surface area contributed by atoms with Crippen molar-refractivity contribution >= 4 is 38.5 Å². The van der Waals surface area contributed by atoms with E-state index in [1.807, 2.05) is 12.1 Å². The number of fused-ring (bicyclic) bond motifs is 1. The summed E-state index contributed by atoms with van der Waals surface area (Å²) in [6.07, 6.45) is 2.86. The van der Waals surface area contributed by atoms with Gasteiger partial charge in [-0.15, -0.1) is 0 Å². The zero-order chi connectivity index (χ0) is 14.2. The number of hydrogen-bond donors (Lipinski definition) is 1. The monoisotopic (exact) mass is 308 g/mol. The third-order valence-corrected chi connectivity index (χ3v) is 4.17. The number of nitrogens with zero attached hydrogens (tertiary/aromatic N) is 3. The zero-order valence-corrected chi connectivity index (χ0v) is 11.6. The molecule has 0 bridgehead atoms. The molecular weight excluding hydrogens is 300 g/mol. The van der Waals surface area contributed by atoms with Crippen LogP contribution in [0.4, 0.5) is 5.82 Å². The highest BCUT2D eigenvalue weighted by molar-refractivity contribution is 7.91. The van der Waals surface area contributed by atoms with Gasteiger partial charge in [-0.1, -0.05) is 18.2 Å². The second-order valence-corrected chi connectivity index (χ2v) is 5.87. The first-order valence-electron chi connectivity index (χ1n) is 5.64. The van der Waals surface area contributed by atoms with E-state index in [1.54, 1.807) is 18.2 Å². The molecular formula is C12H9ClN4O2S. The van der Waals surface area contributed by atoms with Gasteiger partial charge in [-0.3, -0.25) is 0 Å². The molecule has 3 rings (SSSR count). The van der Waals surface area contributed by atoms with Gasteiger partial charge in [-0.05, 0) is 29.8 Å². The molecule has 0 radical (unpaired) electrons. The Morgan fingerprint density at radius 3 is 2.75 bits per heavy atom. The maximum Gasteiger partial charge on any atom is 0.329 e. The summed E-state index contributed by atoms with van der Waals surface area (Å²) < 4.78 is 28.2. The number of nitrogens with one attached hydrogen (secondary N) is 1. The van der Waals surface area contributed by atoms with E-state index in [2.05, 4.69) is 14.7 Å². The van der Waals surface area contributed by atoms with E-state index < -0.39 is 10.2 Å². The van der Waals surface area contributed by atoms with Gasteiger partial charge in [0.2, 0.25) is 5.28 Å². The first-order valence-corrected chi connectivity index (χ1v) is 7.46. The minimum absolute atomic E-state index is 0.0254. The van der Waals surface area contributed by atoms with E-state index in [0.717, 1.165) is 9.36 Å². The van der Waals surface area contributed by atoms with E-state index in [1.165, 1.54) is 18.5 Å². The smallest absolute Gasteiger partial charge is 0.250 e. The van der Waals surface area contributed by atoms with Crippen molar-refractivity contribution in [3.05, 3.63) is 54.1 Å². The van der Waals surface area contributed by atoms with Gasteiger partial charge in [0.25, 0.3) is 0 Å². The van der Waals surface area contributed by atoms with Gasteiger partial charge in [0.15, 0.2) is 0 Å². The Bertz CT molecular complexity index is 876. The number of hydrogen-bond acceptors (Lipinski definition) is 4. The van der Waals surface area contributed by atoms with Crippen LogP contribution in [0.3, 0.4) is 0 Å². The Hall–Kier alpha value is -2.12. The molecule has 8 heteroatoms. The third kappa shape index (κ3) is 2.33. The number of para-hydroxylation sites is 1. The topological polar surface area (TPSA) is 76.9 Å². The van der Waals surface area contributed by atoms with Crippen molar-refractivity contribution in [1.82, 2.24) is 13.9 Å². The zero-order valence-electron chi connectivity index (χ0n) is 10.1. The number of anilines is 1. The van der Waals surface area contributed by atoms with E-state index in [-0.39, 0.29) is 11.1 Å². The fourth-order valence-corrected chi connectivity index (χ4v) is 3.11. The molecule has 3 aromatic rings. The summed E-state index contributed by atoms with van der Waals surface area (Å²) in [6, 6.07) is 10.3. The molecule has 102 valence electrons. The standard InChI is InChI=1S/C12H9ClN4O2S/c13-12-14-7-5-11(15-12)16-20(18,19)17-8-6-9-3-1-2-4-10(9)17/h1-8H,(H,14,15,16). The van der Waals surface area contributed by atoms with Gasteiger partial charge >= 0.3 is 10.2 Å². The first kappa shape index (κ1) is 12.9. The number of halogens is 1. The summed E-state index contributed by atoms with van der Waals surface area (Å²) >= 11 is 5.63. The largest absolute Gasteiger partial charge is 0.329 e. The van der Waals surface area contributed by atoms with E-state index in [9.17, 15) is 8.42 Å². The van der Waals surface area contributed by atoms with Crippen molar-refractivity contribution in [2.75, 3.05) is 4.72 Å². The lowest BCUT2D eigenvalue weighted by Crippen LogP contribution is -2.21. The van der Waals surface area contributed by atoms with Crippen molar-refractivity contribution in [3.8, 4) is 0 Å². The summed E-state index contributed by atoms with van der Waals surface area (Å²) in [7, 11) is -3.80. The Labute approximate surface area is 120 Å². The van der Waals surface area contributed by atoms with Gasteiger partial charge < -0.3 is 0 Å². The van der Waals surface area contributed by atoms with E-state index in [4.69, 9.17) is 11.6 Å². The summed E-state index contributed by atoms with van der Waals surface area (Å²) in [6.45, 7) is 0. The minimum Gasteiger partial charge on any atom is -0.250 e. The van der Waals surface area contributed by atoms with Crippen LogP contribution in [0, 0.1) is 0 Å². The molecule has 0 atom stereocenters. The second-order valence-electron chi connectivity index (χ2n) is 3.99. The first-order chi connectivity index (χ1) is 9.56. The van der Waals surface area contributed by atoms with Crippen LogP contribution in [0.25, 0.3) is 10.9 Å². The fourth-order valence-electron chi connectivity index (χ4n) is 1.84. The molecule has 1 N–H and O–H groups in total. The summed E-state index contributed by atoms with van der Waals surface area (Å²) in [4.78, 5) is 7.49. The Balaban J connectivity index is 2.04. The summed E-state index contributed by atoms with van der Waals surface area (Å²) in [5.41, 5.74) is 0.583. The Morgan fingerprint density at radius 2 is 1.95 bits per heavy atom. The predicted octanol–water partition coefficient (Wildman–Crippen LogP) is 2.29. The number of rotatable bonds is 3. The van der Waals surface area contributed by atoms with Crippen molar-refractivity contribution < 1.29 is 8.42 Å². The fraction of sp³-hybridized carbons (Fsp3) is 0. The molecule has 0 fully saturated rings. The molecule has 0 saturated heterocycles. The second kappa shape index (κ2) is 4.77. The molecule has 0 aliphatic rings. The van der Waals surface area contributed by atoms with Crippen molar-refractivity contribution in [3.63, 3.8) is 0 Å². The van der Waals surface area contributed by atoms with Gasteiger partial charge in [0.1, 0.15) is 5.82 Å². The summed E-state index contributed by atoms with van der Waals surface area (Å²) in [5, 5.41) is 0.807. The van der Waals surface area contributed by atoms with E-state index >= 15 is 0 Å². The van der Waals surface area contributed by atoms with Crippen molar-refractivity contribution in [1.29, 1.82) is 0 Å². The lowest BCUT2D eigenvalue weighted by atomic mass is 10.3. The lowest BCUT2D eigenvalue weighted by molar-refractivity contribution is 0.594. The Kier molecular flexibility index (Phi) is 3.07. The molecule has 0 amide bonds. The third-order valence-electron chi connectivity index (χ3n) is 2.68. The molecule has 0 aliphatic carbocycles. The normalized spacial score (nSPS) is 11.7. The SMILES string of the molecule is O=S(=O)(Nc1ccnc(Cl)n1)n1ccc2ccccc21. The Morgan fingerprint density at radius 1 is 1.15 bits per heavy atom. The molecule has 0 spiro atoms. The minimum atomic E-state index is -3.80. The van der Waals surface area contributed by atoms with Crippen LogP contribution < -0.4 is 4.72 Å². The predicted molar refractivity (Wildman–Crippen MR) is 76.9 cm³/mol. The average Bonchev–Trinajstić information content (AvgIpc) is 2.82. The highest BCUT2D eigenvalue weighted by atomic mass is 35.5. The van der Waals surface area contributed by atoms with Crippen molar-refractivity contribution in [2.45, 2.75) is 0 Å². The molecule has 0 unspecified atom stereocenters. The van der Waals surface area contributed by atoms with Crippen LogP contribution in [0.2, 0.25) is 5.28 Å². The summed E-state index contributed by atoms with van der Waals surface area (Å²) in [5.74, 6) is 0.114. The number of aromatic nitrogens is 3. The molecule has 20 heavy (non-hydrogen) atoms. The maximum atomic E-state index is 12.3. The highest BCUT2D eigenvalue weighted by Crippen LogP contribution is 2.18. The van der Waals surface area contributed by atoms with E-state index in [0.29, 0.717) is 5.52 Å². The highest BCUT2D eigenvalue weighted by Gasteiger charge is 2.16. The van der Waals surface area contributed by atoms with Crippen LogP contribution in [0.15, 0.2) is 48.8 Å². The molecule has 2 heterocycles. The number of benzene rings is 1. The molecule has 2 aromatic heterocycles. The quantitative estimate of drug-likeness (QED) is 0.753. The molecule has 6 nitrogen and oxygen atoms in total. The molecule has 1 aromatic carbocycles. The van der Waals surface area contributed by atoms with Crippen molar-refractivity contribution in [2.24, 2.45) is 0 Å². The van der Waals surface area contributed by atoms with Gasteiger partial charge in [-0.2, -0.15) is 13.4 Å². The van der Waals surface area contributed by atoms with Gasteiger partial charge in [0.05, 0.1) is 5.52 Å².